The van der Waals surface area contributed by atoms with Gasteiger partial charge < -0.3 is 15.2 Å². The molecule has 1 amide bonds. The molecule has 0 saturated heterocycles. The van der Waals surface area contributed by atoms with Crippen LogP contribution >= 0.6 is 0 Å². The van der Waals surface area contributed by atoms with Gasteiger partial charge in [-0.15, -0.1) is 0 Å². The summed E-state index contributed by atoms with van der Waals surface area (Å²) in [5, 5.41) is 4.38. The van der Waals surface area contributed by atoms with E-state index in [4.69, 9.17) is 0 Å². The van der Waals surface area contributed by atoms with Crippen LogP contribution in [0.15, 0.2) is 66.9 Å². The maximum atomic E-state index is 12.0. The standard InChI is InChI=1S/C23H22N4O/c1-15-5-4-6-19(11-15)25-22-13-21-18(14-24-22)12-20(26-21)16-7-9-17(10-8-16)23(28)27(2)3/h4-14,26H,1-3H3,(H,24,25). The predicted octanol–water partition coefficient (Wildman–Crippen LogP) is 4.98. The molecule has 0 unspecified atom stereocenters. The summed E-state index contributed by atoms with van der Waals surface area (Å²) in [6.07, 6.45) is 1.86. The molecule has 5 nitrogen and oxygen atoms in total. The van der Waals surface area contributed by atoms with E-state index in [-0.39, 0.29) is 5.91 Å². The average Bonchev–Trinajstić information content (AvgIpc) is 3.11. The summed E-state index contributed by atoms with van der Waals surface area (Å²) in [5.41, 5.74) is 5.92. The number of carbonyl (C=O) groups excluding carboxylic acids is 1. The number of amides is 1. The third kappa shape index (κ3) is 3.60. The molecule has 4 rings (SSSR count). The Bertz CT molecular complexity index is 1140. The highest BCUT2D eigenvalue weighted by Gasteiger charge is 2.09. The van der Waals surface area contributed by atoms with Crippen LogP contribution in [-0.4, -0.2) is 34.9 Å². The van der Waals surface area contributed by atoms with Crippen molar-refractivity contribution in [3.63, 3.8) is 0 Å². The fraction of sp³-hybridized carbons (Fsp3) is 0.130. The number of aromatic nitrogens is 2. The summed E-state index contributed by atoms with van der Waals surface area (Å²) < 4.78 is 0. The van der Waals surface area contributed by atoms with Crippen LogP contribution in [0.5, 0.6) is 0 Å². The van der Waals surface area contributed by atoms with Crippen LogP contribution in [0, 0.1) is 6.92 Å². The topological polar surface area (TPSA) is 61.0 Å². The number of aryl methyl sites for hydroxylation is 1. The van der Waals surface area contributed by atoms with Crippen LogP contribution in [0.2, 0.25) is 0 Å². The molecule has 0 saturated carbocycles. The number of fused-ring (bicyclic) bond motifs is 1. The summed E-state index contributed by atoms with van der Waals surface area (Å²) in [4.78, 5) is 21.6. The highest BCUT2D eigenvalue weighted by molar-refractivity contribution is 5.94. The number of hydrogen-bond donors (Lipinski definition) is 2. The van der Waals surface area contributed by atoms with Gasteiger partial charge in [0.15, 0.2) is 0 Å². The number of H-pyrrole nitrogens is 1. The van der Waals surface area contributed by atoms with E-state index in [1.165, 1.54) is 5.56 Å². The van der Waals surface area contributed by atoms with Gasteiger partial charge in [-0.05, 0) is 48.4 Å². The summed E-state index contributed by atoms with van der Waals surface area (Å²) in [6.45, 7) is 2.07. The normalized spacial score (nSPS) is 10.8. The van der Waals surface area contributed by atoms with Crippen LogP contribution < -0.4 is 5.32 Å². The van der Waals surface area contributed by atoms with E-state index in [9.17, 15) is 4.79 Å². The zero-order chi connectivity index (χ0) is 19.7. The largest absolute Gasteiger partial charge is 0.354 e. The van der Waals surface area contributed by atoms with Crippen molar-refractivity contribution in [2.24, 2.45) is 0 Å². The molecule has 2 heterocycles. The first kappa shape index (κ1) is 17.8. The first-order valence-electron chi connectivity index (χ1n) is 9.14. The summed E-state index contributed by atoms with van der Waals surface area (Å²) >= 11 is 0. The lowest BCUT2D eigenvalue weighted by Gasteiger charge is -2.10. The number of pyridine rings is 1. The first-order valence-corrected chi connectivity index (χ1v) is 9.14. The van der Waals surface area contributed by atoms with Crippen molar-refractivity contribution in [3.05, 3.63) is 78.0 Å². The van der Waals surface area contributed by atoms with E-state index in [1.807, 2.05) is 48.7 Å². The molecule has 4 aromatic rings. The van der Waals surface area contributed by atoms with E-state index < -0.39 is 0 Å². The second-order valence-corrected chi connectivity index (χ2v) is 7.11. The highest BCUT2D eigenvalue weighted by atomic mass is 16.2. The molecule has 0 aliphatic rings. The van der Waals surface area contributed by atoms with Crippen molar-refractivity contribution in [3.8, 4) is 11.3 Å². The molecule has 2 N–H and O–H groups in total. The molecular formula is C23H22N4O. The number of anilines is 2. The Kier molecular flexibility index (Phi) is 4.57. The second-order valence-electron chi connectivity index (χ2n) is 7.11. The molecule has 0 atom stereocenters. The van der Waals surface area contributed by atoms with Crippen molar-refractivity contribution in [1.29, 1.82) is 0 Å². The minimum atomic E-state index is -0.000684. The number of hydrogen-bond acceptors (Lipinski definition) is 3. The van der Waals surface area contributed by atoms with Gasteiger partial charge in [0, 0.05) is 48.7 Å². The fourth-order valence-corrected chi connectivity index (χ4v) is 3.17. The SMILES string of the molecule is Cc1cccc(Nc2cc3[nH]c(-c4ccc(C(=O)N(C)C)cc4)cc3cn2)c1. The van der Waals surface area contributed by atoms with Crippen LogP contribution in [-0.2, 0) is 0 Å². The third-order valence-corrected chi connectivity index (χ3v) is 4.64. The number of carbonyl (C=O) groups is 1. The predicted molar refractivity (Wildman–Crippen MR) is 114 cm³/mol. The number of aromatic amines is 1. The second kappa shape index (κ2) is 7.19. The van der Waals surface area contributed by atoms with Gasteiger partial charge in [-0.1, -0.05) is 24.3 Å². The average molecular weight is 370 g/mol. The summed E-state index contributed by atoms with van der Waals surface area (Å²) in [5.74, 6) is 0.790. The molecule has 2 aromatic heterocycles. The maximum Gasteiger partial charge on any atom is 0.253 e. The van der Waals surface area contributed by atoms with Crippen molar-refractivity contribution >= 4 is 28.3 Å². The zero-order valence-corrected chi connectivity index (χ0v) is 16.2. The molecule has 2 aromatic carbocycles. The van der Waals surface area contributed by atoms with E-state index in [2.05, 4.69) is 40.4 Å². The lowest BCUT2D eigenvalue weighted by Crippen LogP contribution is -2.21. The first-order chi connectivity index (χ1) is 13.5. The summed E-state index contributed by atoms with van der Waals surface area (Å²) in [7, 11) is 3.51. The van der Waals surface area contributed by atoms with Gasteiger partial charge in [-0.2, -0.15) is 0 Å². The Morgan fingerprint density at radius 2 is 1.82 bits per heavy atom. The zero-order valence-electron chi connectivity index (χ0n) is 16.2. The molecule has 0 fully saturated rings. The Labute approximate surface area is 164 Å². The highest BCUT2D eigenvalue weighted by Crippen LogP contribution is 2.26. The smallest absolute Gasteiger partial charge is 0.253 e. The lowest BCUT2D eigenvalue weighted by atomic mass is 10.1. The van der Waals surface area contributed by atoms with Gasteiger partial charge in [0.25, 0.3) is 5.91 Å². The number of nitrogens with one attached hydrogen (secondary N) is 2. The molecule has 5 heteroatoms. The van der Waals surface area contributed by atoms with Crippen molar-refractivity contribution in [2.45, 2.75) is 6.92 Å². The lowest BCUT2D eigenvalue weighted by molar-refractivity contribution is 0.0827. The van der Waals surface area contributed by atoms with Crippen LogP contribution in [0.4, 0.5) is 11.5 Å². The van der Waals surface area contributed by atoms with Gasteiger partial charge in [0.1, 0.15) is 5.82 Å². The summed E-state index contributed by atoms with van der Waals surface area (Å²) in [6, 6.07) is 19.9. The molecule has 0 aliphatic heterocycles. The van der Waals surface area contributed by atoms with Gasteiger partial charge in [0.2, 0.25) is 0 Å². The Balaban J connectivity index is 1.60. The van der Waals surface area contributed by atoms with Crippen molar-refractivity contribution in [1.82, 2.24) is 14.9 Å². The van der Waals surface area contributed by atoms with E-state index in [0.717, 1.165) is 33.7 Å². The fourth-order valence-electron chi connectivity index (χ4n) is 3.17. The number of benzene rings is 2. The maximum absolute atomic E-state index is 12.0. The minimum Gasteiger partial charge on any atom is -0.354 e. The molecular weight excluding hydrogens is 348 g/mol. The van der Waals surface area contributed by atoms with Crippen LogP contribution in [0.1, 0.15) is 15.9 Å². The minimum absolute atomic E-state index is 0.000684. The molecule has 28 heavy (non-hydrogen) atoms. The van der Waals surface area contributed by atoms with Crippen molar-refractivity contribution < 1.29 is 4.79 Å². The van der Waals surface area contributed by atoms with Gasteiger partial charge in [-0.3, -0.25) is 4.79 Å². The molecule has 0 aliphatic carbocycles. The van der Waals surface area contributed by atoms with Crippen molar-refractivity contribution in [2.75, 3.05) is 19.4 Å². The number of rotatable bonds is 4. The van der Waals surface area contributed by atoms with E-state index in [1.54, 1.807) is 19.0 Å². The Morgan fingerprint density at radius 1 is 1.04 bits per heavy atom. The van der Waals surface area contributed by atoms with Gasteiger partial charge in [0.05, 0.1) is 5.52 Å². The Morgan fingerprint density at radius 3 is 2.54 bits per heavy atom. The van der Waals surface area contributed by atoms with Crippen LogP contribution in [0.25, 0.3) is 22.2 Å². The van der Waals surface area contributed by atoms with E-state index >= 15 is 0 Å². The molecule has 140 valence electrons. The third-order valence-electron chi connectivity index (χ3n) is 4.64. The van der Waals surface area contributed by atoms with Crippen LogP contribution in [0.3, 0.4) is 0 Å². The molecule has 0 spiro atoms. The number of nitrogens with zero attached hydrogens (tertiary/aromatic N) is 2. The quantitative estimate of drug-likeness (QED) is 0.532. The molecule has 0 radical (unpaired) electrons. The monoisotopic (exact) mass is 370 g/mol. The van der Waals surface area contributed by atoms with E-state index in [0.29, 0.717) is 5.56 Å². The van der Waals surface area contributed by atoms with Gasteiger partial charge >= 0.3 is 0 Å². The van der Waals surface area contributed by atoms with Gasteiger partial charge in [-0.25, -0.2) is 4.98 Å². The Hall–Kier alpha value is -3.60. The molecule has 0 bridgehead atoms.